The molecule has 2 aliphatic rings. The molecule has 0 spiro atoms. The van der Waals surface area contributed by atoms with Crippen LogP contribution in [0.5, 0.6) is 17.2 Å². The highest BCUT2D eigenvalue weighted by Crippen LogP contribution is 2.40. The van der Waals surface area contributed by atoms with Crippen molar-refractivity contribution in [2.24, 2.45) is 0 Å². The average molecular weight is 367 g/mol. The van der Waals surface area contributed by atoms with Crippen LogP contribution in [-0.2, 0) is 30.5 Å². The van der Waals surface area contributed by atoms with Crippen LogP contribution in [0.25, 0.3) is 0 Å². The molecule has 2 aliphatic heterocycles. The van der Waals surface area contributed by atoms with Crippen LogP contribution in [0, 0.1) is 0 Å². The monoisotopic (exact) mass is 367 g/mol. The lowest BCUT2D eigenvalue weighted by molar-refractivity contribution is -0.129. The van der Waals surface area contributed by atoms with Crippen molar-refractivity contribution in [2.75, 3.05) is 33.9 Å². The van der Waals surface area contributed by atoms with Crippen molar-refractivity contribution in [3.05, 3.63) is 52.6 Å². The van der Waals surface area contributed by atoms with Gasteiger partial charge in [-0.2, -0.15) is 0 Å². The highest BCUT2D eigenvalue weighted by Gasteiger charge is 2.26. The third-order valence-corrected chi connectivity index (χ3v) is 5.40. The molecule has 0 saturated heterocycles. The zero-order valence-corrected chi connectivity index (χ0v) is 15.9. The Morgan fingerprint density at radius 2 is 1.93 bits per heavy atom. The molecule has 5 nitrogen and oxygen atoms in total. The van der Waals surface area contributed by atoms with Gasteiger partial charge in [-0.1, -0.05) is 12.1 Å². The first-order valence-electron chi connectivity index (χ1n) is 9.46. The summed E-state index contributed by atoms with van der Waals surface area (Å²) in [6, 6.07) is 9.78. The number of carbonyl (C=O) groups excluding carboxylic acids is 1. The summed E-state index contributed by atoms with van der Waals surface area (Å²) in [5, 5.41) is 0. The van der Waals surface area contributed by atoms with Gasteiger partial charge in [0.2, 0.25) is 5.91 Å². The molecule has 0 saturated carbocycles. The van der Waals surface area contributed by atoms with Gasteiger partial charge in [0, 0.05) is 43.1 Å². The smallest absolute Gasteiger partial charge is 0.226 e. The summed E-state index contributed by atoms with van der Waals surface area (Å²) in [7, 11) is 3.51. The molecule has 0 aromatic heterocycles. The van der Waals surface area contributed by atoms with E-state index in [1.165, 1.54) is 16.7 Å². The first kappa shape index (κ1) is 17.7. The van der Waals surface area contributed by atoms with Crippen molar-refractivity contribution in [1.82, 2.24) is 4.90 Å². The number of carbonyl (C=O) groups is 1. The molecular weight excluding hydrogens is 342 g/mol. The molecule has 1 amide bonds. The minimum absolute atomic E-state index is 0.113. The zero-order chi connectivity index (χ0) is 18.8. The second kappa shape index (κ2) is 7.51. The van der Waals surface area contributed by atoms with Crippen LogP contribution >= 0.6 is 0 Å². The van der Waals surface area contributed by atoms with Gasteiger partial charge in [-0.3, -0.25) is 4.79 Å². The zero-order valence-electron chi connectivity index (χ0n) is 15.9. The summed E-state index contributed by atoms with van der Waals surface area (Å²) >= 11 is 0. The van der Waals surface area contributed by atoms with Gasteiger partial charge in [0.25, 0.3) is 0 Å². The second-order valence-corrected chi connectivity index (χ2v) is 7.11. The summed E-state index contributed by atoms with van der Waals surface area (Å²) in [6.07, 6.45) is 3.04. The van der Waals surface area contributed by atoms with Crippen LogP contribution in [0.3, 0.4) is 0 Å². The van der Waals surface area contributed by atoms with Crippen LogP contribution < -0.4 is 14.2 Å². The van der Waals surface area contributed by atoms with Crippen LogP contribution in [-0.4, -0.2) is 44.7 Å². The molecular formula is C22H25NO4. The van der Waals surface area contributed by atoms with Crippen molar-refractivity contribution in [3.63, 3.8) is 0 Å². The average Bonchev–Trinajstić information content (AvgIpc) is 3.34. The van der Waals surface area contributed by atoms with Crippen molar-refractivity contribution >= 4 is 5.91 Å². The molecule has 0 fully saturated rings. The Morgan fingerprint density at radius 3 is 2.70 bits per heavy atom. The third-order valence-electron chi connectivity index (χ3n) is 5.40. The lowest BCUT2D eigenvalue weighted by Crippen LogP contribution is -2.30. The maximum absolute atomic E-state index is 12.6. The van der Waals surface area contributed by atoms with E-state index in [2.05, 4.69) is 6.07 Å². The fraction of sp³-hybridized carbons (Fsp3) is 0.409. The van der Waals surface area contributed by atoms with E-state index < -0.39 is 0 Å². The molecule has 0 N–H and O–H groups in total. The van der Waals surface area contributed by atoms with Gasteiger partial charge < -0.3 is 19.1 Å². The van der Waals surface area contributed by atoms with E-state index in [1.54, 1.807) is 12.0 Å². The van der Waals surface area contributed by atoms with E-state index in [-0.39, 0.29) is 5.91 Å². The first-order valence-corrected chi connectivity index (χ1v) is 9.46. The Bertz CT molecular complexity index is 812. The van der Waals surface area contributed by atoms with E-state index in [0.717, 1.165) is 55.3 Å². The number of amides is 1. The molecule has 0 bridgehead atoms. The number of nitrogens with zero attached hydrogens (tertiary/aromatic N) is 1. The maximum Gasteiger partial charge on any atom is 0.226 e. The van der Waals surface area contributed by atoms with Gasteiger partial charge in [0.15, 0.2) is 0 Å². The van der Waals surface area contributed by atoms with Gasteiger partial charge in [0.05, 0.1) is 26.7 Å². The van der Waals surface area contributed by atoms with Crippen LogP contribution in [0.4, 0.5) is 0 Å². The van der Waals surface area contributed by atoms with Crippen LogP contribution in [0.1, 0.15) is 22.3 Å². The summed E-state index contributed by atoms with van der Waals surface area (Å²) in [6.45, 7) is 2.14. The highest BCUT2D eigenvalue weighted by atomic mass is 16.5. The minimum Gasteiger partial charge on any atom is -0.497 e. The minimum atomic E-state index is 0.113. The normalized spacial score (nSPS) is 14.1. The summed E-state index contributed by atoms with van der Waals surface area (Å²) in [5.41, 5.74) is 4.71. The topological polar surface area (TPSA) is 48.0 Å². The van der Waals surface area contributed by atoms with E-state index in [4.69, 9.17) is 14.2 Å². The molecule has 27 heavy (non-hydrogen) atoms. The third kappa shape index (κ3) is 3.59. The van der Waals surface area contributed by atoms with Gasteiger partial charge >= 0.3 is 0 Å². The van der Waals surface area contributed by atoms with Crippen molar-refractivity contribution in [2.45, 2.75) is 25.7 Å². The Labute approximate surface area is 159 Å². The van der Waals surface area contributed by atoms with Gasteiger partial charge in [0.1, 0.15) is 17.2 Å². The number of benzene rings is 2. The van der Waals surface area contributed by atoms with E-state index in [1.807, 2.05) is 31.3 Å². The molecule has 2 aromatic carbocycles. The Morgan fingerprint density at radius 1 is 1.15 bits per heavy atom. The molecule has 2 heterocycles. The van der Waals surface area contributed by atoms with Crippen LogP contribution in [0.2, 0.25) is 0 Å². The molecule has 5 heteroatoms. The number of likely N-dealkylation sites (N-methyl/N-ethyl adjacent to an activating group) is 1. The lowest BCUT2D eigenvalue weighted by Gasteiger charge is -2.19. The van der Waals surface area contributed by atoms with E-state index >= 15 is 0 Å². The van der Waals surface area contributed by atoms with Crippen molar-refractivity contribution in [3.8, 4) is 17.2 Å². The Balaban J connectivity index is 1.42. The largest absolute Gasteiger partial charge is 0.497 e. The van der Waals surface area contributed by atoms with Crippen molar-refractivity contribution in [1.29, 1.82) is 0 Å². The predicted octanol–water partition coefficient (Wildman–Crippen LogP) is 2.81. The maximum atomic E-state index is 12.6. The molecule has 142 valence electrons. The molecule has 2 aromatic rings. The predicted molar refractivity (Wildman–Crippen MR) is 103 cm³/mol. The van der Waals surface area contributed by atoms with Gasteiger partial charge in [-0.15, -0.1) is 0 Å². The van der Waals surface area contributed by atoms with Gasteiger partial charge in [-0.05, 0) is 30.2 Å². The molecule has 0 radical (unpaired) electrons. The van der Waals surface area contributed by atoms with Crippen molar-refractivity contribution < 1.29 is 19.0 Å². The highest BCUT2D eigenvalue weighted by molar-refractivity contribution is 5.78. The number of fused-ring (bicyclic) bond motifs is 2. The van der Waals surface area contributed by atoms with E-state index in [0.29, 0.717) is 13.0 Å². The summed E-state index contributed by atoms with van der Waals surface area (Å²) < 4.78 is 16.8. The fourth-order valence-electron chi connectivity index (χ4n) is 3.81. The number of hydrogen-bond acceptors (Lipinski definition) is 4. The molecule has 4 rings (SSSR count). The second-order valence-electron chi connectivity index (χ2n) is 7.11. The standard InChI is InChI=1S/C22H25NO4/c1-23(21(24)13-15-3-5-17(25-2)6-4-15)10-7-19-18-9-12-26-20(18)14-16-8-11-27-22(16)19/h3-6,14H,7-13H2,1-2H3. The number of methoxy groups -OCH3 is 1. The molecule has 0 atom stereocenters. The SMILES string of the molecule is COc1ccc(CC(=O)N(C)CCc2c3c(cc4c2OCC4)OCC3)cc1. The Kier molecular flexibility index (Phi) is 4.92. The molecule has 0 aliphatic carbocycles. The molecule has 0 unspecified atom stereocenters. The quantitative estimate of drug-likeness (QED) is 0.788. The van der Waals surface area contributed by atoms with E-state index in [9.17, 15) is 4.79 Å². The van der Waals surface area contributed by atoms with Crippen LogP contribution in [0.15, 0.2) is 30.3 Å². The lowest BCUT2D eigenvalue weighted by atomic mass is 9.97. The Hall–Kier alpha value is -2.69. The summed E-state index contributed by atoms with van der Waals surface area (Å²) in [5.74, 6) is 2.94. The number of hydrogen-bond donors (Lipinski definition) is 0. The first-order chi connectivity index (χ1) is 13.2. The van der Waals surface area contributed by atoms with Gasteiger partial charge in [-0.25, -0.2) is 0 Å². The summed E-state index contributed by atoms with van der Waals surface area (Å²) in [4.78, 5) is 14.4. The number of ether oxygens (including phenoxy) is 3. The fourth-order valence-corrected chi connectivity index (χ4v) is 3.81. The number of rotatable bonds is 6.